The molecular formula is C14H20N2O4S. The van der Waals surface area contributed by atoms with Gasteiger partial charge in [0, 0.05) is 44.0 Å². The molecule has 2 rings (SSSR count). The third-order valence-electron chi connectivity index (χ3n) is 3.17. The largest absolute Gasteiger partial charge is 0.385 e. The van der Waals surface area contributed by atoms with E-state index < -0.39 is 10.0 Å². The second-order valence-corrected chi connectivity index (χ2v) is 6.24. The summed E-state index contributed by atoms with van der Waals surface area (Å²) >= 11 is 0. The third-order valence-corrected chi connectivity index (χ3v) is 4.11. The Morgan fingerprint density at radius 3 is 2.67 bits per heavy atom. The van der Waals surface area contributed by atoms with Crippen molar-refractivity contribution in [3.8, 4) is 0 Å². The molecule has 1 aromatic carbocycles. The molecule has 1 aromatic heterocycles. The summed E-state index contributed by atoms with van der Waals surface area (Å²) in [4.78, 5) is 0.150. The maximum atomic E-state index is 11.6. The number of ether oxygens (including phenoxy) is 2. The standard InChI is InChI=1S/C14H20N2O4S/c1-19-8-4-9-20-10-7-16-11-14(21(15,17)18)12-5-2-3-6-13(12)16/h2-3,5-6,11H,4,7-10H2,1H3,(H2,15,17,18). The van der Waals surface area contributed by atoms with Crippen LogP contribution in [0.3, 0.4) is 0 Å². The van der Waals surface area contributed by atoms with Crippen molar-refractivity contribution >= 4 is 20.9 Å². The van der Waals surface area contributed by atoms with E-state index in [4.69, 9.17) is 14.6 Å². The van der Waals surface area contributed by atoms with Crippen LogP contribution < -0.4 is 5.14 Å². The van der Waals surface area contributed by atoms with Gasteiger partial charge in [0.2, 0.25) is 10.0 Å². The molecule has 0 atom stereocenters. The summed E-state index contributed by atoms with van der Waals surface area (Å²) in [6.07, 6.45) is 2.41. The van der Waals surface area contributed by atoms with Crippen molar-refractivity contribution in [3.05, 3.63) is 30.5 Å². The SMILES string of the molecule is COCCCOCCn1cc(S(N)(=O)=O)c2ccccc21. The molecule has 0 amide bonds. The molecule has 21 heavy (non-hydrogen) atoms. The van der Waals surface area contributed by atoms with Crippen molar-refractivity contribution in [1.29, 1.82) is 0 Å². The normalized spacial score (nSPS) is 12.1. The van der Waals surface area contributed by atoms with E-state index in [9.17, 15) is 8.42 Å². The molecule has 116 valence electrons. The summed E-state index contributed by atoms with van der Waals surface area (Å²) in [5.41, 5.74) is 0.835. The molecule has 0 aliphatic carbocycles. The zero-order chi connectivity index (χ0) is 15.3. The topological polar surface area (TPSA) is 83.5 Å². The quantitative estimate of drug-likeness (QED) is 0.746. The van der Waals surface area contributed by atoms with Crippen LogP contribution in [0, 0.1) is 0 Å². The predicted octanol–water partition coefficient (Wildman–Crippen LogP) is 1.34. The molecule has 0 bridgehead atoms. The summed E-state index contributed by atoms with van der Waals surface area (Å²) in [6.45, 7) is 2.37. The molecule has 0 spiro atoms. The molecule has 0 saturated heterocycles. The van der Waals surface area contributed by atoms with Gasteiger partial charge in [-0.3, -0.25) is 0 Å². The Morgan fingerprint density at radius 2 is 1.95 bits per heavy atom. The van der Waals surface area contributed by atoms with E-state index in [0.29, 0.717) is 31.8 Å². The van der Waals surface area contributed by atoms with Crippen LogP contribution in [0.1, 0.15) is 6.42 Å². The molecule has 7 heteroatoms. The maximum Gasteiger partial charge on any atom is 0.240 e. The number of sulfonamides is 1. The highest BCUT2D eigenvalue weighted by atomic mass is 32.2. The van der Waals surface area contributed by atoms with Gasteiger partial charge in [0.05, 0.1) is 6.61 Å². The number of nitrogens with two attached hydrogens (primary N) is 1. The Kier molecular flexibility index (Phi) is 5.35. The lowest BCUT2D eigenvalue weighted by Crippen LogP contribution is -2.12. The van der Waals surface area contributed by atoms with Crippen molar-refractivity contribution in [2.24, 2.45) is 5.14 Å². The van der Waals surface area contributed by atoms with Crippen molar-refractivity contribution in [1.82, 2.24) is 4.57 Å². The number of methoxy groups -OCH3 is 1. The second kappa shape index (κ2) is 7.04. The van der Waals surface area contributed by atoms with Crippen LogP contribution >= 0.6 is 0 Å². The van der Waals surface area contributed by atoms with Crippen LogP contribution in [-0.4, -0.2) is 39.9 Å². The third kappa shape index (κ3) is 4.04. The van der Waals surface area contributed by atoms with Crippen molar-refractivity contribution in [2.45, 2.75) is 17.9 Å². The summed E-state index contributed by atoms with van der Waals surface area (Å²) < 4.78 is 35.5. The van der Waals surface area contributed by atoms with Gasteiger partial charge in [-0.15, -0.1) is 0 Å². The minimum absolute atomic E-state index is 0.150. The summed E-state index contributed by atoms with van der Waals surface area (Å²) in [7, 11) is -2.08. The molecule has 6 nitrogen and oxygen atoms in total. The van der Waals surface area contributed by atoms with E-state index >= 15 is 0 Å². The number of benzene rings is 1. The van der Waals surface area contributed by atoms with E-state index in [1.165, 1.54) is 0 Å². The number of rotatable bonds is 8. The van der Waals surface area contributed by atoms with Crippen LogP contribution in [0.15, 0.2) is 35.4 Å². The van der Waals surface area contributed by atoms with Crippen molar-refractivity contribution in [2.75, 3.05) is 26.9 Å². The Bertz CT molecular complexity index is 694. The highest BCUT2D eigenvalue weighted by Crippen LogP contribution is 2.24. The minimum atomic E-state index is -3.73. The molecule has 0 fully saturated rings. The molecule has 0 unspecified atom stereocenters. The number of para-hydroxylation sites is 1. The van der Waals surface area contributed by atoms with Crippen LogP contribution in [0.25, 0.3) is 10.9 Å². The molecule has 0 saturated carbocycles. The summed E-state index contributed by atoms with van der Waals surface area (Å²) in [6, 6.07) is 7.29. The van der Waals surface area contributed by atoms with Gasteiger partial charge >= 0.3 is 0 Å². The average Bonchev–Trinajstić information content (AvgIpc) is 2.82. The number of fused-ring (bicyclic) bond motifs is 1. The molecule has 1 heterocycles. The second-order valence-electron chi connectivity index (χ2n) is 4.71. The number of primary sulfonamides is 1. The van der Waals surface area contributed by atoms with Gasteiger partial charge in [-0.25, -0.2) is 13.6 Å². The Hall–Kier alpha value is -1.41. The number of hydrogen-bond donors (Lipinski definition) is 1. The lowest BCUT2D eigenvalue weighted by molar-refractivity contribution is 0.0981. The lowest BCUT2D eigenvalue weighted by atomic mass is 10.2. The first-order chi connectivity index (χ1) is 10.0. The molecular weight excluding hydrogens is 292 g/mol. The molecule has 0 aliphatic rings. The average molecular weight is 312 g/mol. The van der Waals surface area contributed by atoms with Gasteiger partial charge in [0.15, 0.2) is 0 Å². The summed E-state index contributed by atoms with van der Waals surface area (Å²) in [5.74, 6) is 0. The fraction of sp³-hybridized carbons (Fsp3) is 0.429. The van der Waals surface area contributed by atoms with E-state index in [1.54, 1.807) is 25.4 Å². The Labute approximate surface area is 124 Å². The fourth-order valence-corrected chi connectivity index (χ4v) is 2.95. The predicted molar refractivity (Wildman–Crippen MR) is 80.6 cm³/mol. The first-order valence-corrected chi connectivity index (χ1v) is 8.26. The van der Waals surface area contributed by atoms with Gasteiger partial charge in [0.25, 0.3) is 0 Å². The van der Waals surface area contributed by atoms with Crippen molar-refractivity contribution in [3.63, 3.8) is 0 Å². The Balaban J connectivity index is 2.10. The maximum absolute atomic E-state index is 11.6. The van der Waals surface area contributed by atoms with E-state index in [2.05, 4.69) is 0 Å². The number of aromatic nitrogens is 1. The van der Waals surface area contributed by atoms with E-state index in [-0.39, 0.29) is 4.90 Å². The van der Waals surface area contributed by atoms with Gasteiger partial charge in [-0.05, 0) is 12.5 Å². The van der Waals surface area contributed by atoms with Crippen LogP contribution in [-0.2, 0) is 26.0 Å². The monoisotopic (exact) mass is 312 g/mol. The molecule has 2 N–H and O–H groups in total. The minimum Gasteiger partial charge on any atom is -0.385 e. The molecule has 2 aromatic rings. The molecule has 0 radical (unpaired) electrons. The first kappa shape index (κ1) is 16.0. The van der Waals surface area contributed by atoms with E-state index in [1.807, 2.05) is 16.7 Å². The van der Waals surface area contributed by atoms with E-state index in [0.717, 1.165) is 11.9 Å². The zero-order valence-corrected chi connectivity index (χ0v) is 12.8. The van der Waals surface area contributed by atoms with Crippen LogP contribution in [0.5, 0.6) is 0 Å². The highest BCUT2D eigenvalue weighted by molar-refractivity contribution is 7.89. The van der Waals surface area contributed by atoms with Crippen LogP contribution in [0.4, 0.5) is 0 Å². The summed E-state index contributed by atoms with van der Waals surface area (Å²) in [5, 5.41) is 5.90. The number of nitrogens with zero attached hydrogens (tertiary/aromatic N) is 1. The zero-order valence-electron chi connectivity index (χ0n) is 12.0. The highest BCUT2D eigenvalue weighted by Gasteiger charge is 2.16. The number of hydrogen-bond acceptors (Lipinski definition) is 4. The van der Waals surface area contributed by atoms with Gasteiger partial charge in [0.1, 0.15) is 4.90 Å². The van der Waals surface area contributed by atoms with Gasteiger partial charge < -0.3 is 14.0 Å². The lowest BCUT2D eigenvalue weighted by Gasteiger charge is -2.06. The Morgan fingerprint density at radius 1 is 1.19 bits per heavy atom. The first-order valence-electron chi connectivity index (χ1n) is 6.71. The van der Waals surface area contributed by atoms with Gasteiger partial charge in [-0.2, -0.15) is 0 Å². The van der Waals surface area contributed by atoms with Crippen molar-refractivity contribution < 1.29 is 17.9 Å². The van der Waals surface area contributed by atoms with Crippen LogP contribution in [0.2, 0.25) is 0 Å². The van der Waals surface area contributed by atoms with Gasteiger partial charge in [-0.1, -0.05) is 18.2 Å². The molecule has 0 aliphatic heterocycles. The fourth-order valence-electron chi connectivity index (χ4n) is 2.20. The smallest absolute Gasteiger partial charge is 0.240 e.